The SMILES string of the molecule is C[C@@H](Sc1ccccc1)C(=O)NN=C1CCCC1. The predicted octanol–water partition coefficient (Wildman–Crippen LogP) is 3.21. The molecule has 3 nitrogen and oxygen atoms in total. The van der Waals surface area contributed by atoms with Gasteiger partial charge in [-0.15, -0.1) is 11.8 Å². The molecule has 1 aliphatic carbocycles. The minimum Gasteiger partial charge on any atom is -0.272 e. The Kier molecular flexibility index (Phi) is 4.81. The van der Waals surface area contributed by atoms with Crippen molar-refractivity contribution in [3.8, 4) is 0 Å². The van der Waals surface area contributed by atoms with Gasteiger partial charge in [-0.2, -0.15) is 5.10 Å². The zero-order valence-electron chi connectivity index (χ0n) is 10.6. The third-order valence-electron chi connectivity index (χ3n) is 2.93. The maximum atomic E-state index is 11.9. The average Bonchev–Trinajstić information content (AvgIpc) is 2.90. The third kappa shape index (κ3) is 3.88. The van der Waals surface area contributed by atoms with Crippen molar-refractivity contribution in [1.29, 1.82) is 0 Å². The lowest BCUT2D eigenvalue weighted by Crippen LogP contribution is -2.27. The molecule has 18 heavy (non-hydrogen) atoms. The first-order valence-corrected chi connectivity index (χ1v) is 7.20. The lowest BCUT2D eigenvalue weighted by molar-refractivity contribution is -0.120. The second-order valence-corrected chi connectivity index (χ2v) is 5.85. The van der Waals surface area contributed by atoms with Crippen LogP contribution in [0.5, 0.6) is 0 Å². The topological polar surface area (TPSA) is 41.5 Å². The van der Waals surface area contributed by atoms with Crippen LogP contribution in [0.15, 0.2) is 40.3 Å². The number of rotatable bonds is 4. The average molecular weight is 262 g/mol. The van der Waals surface area contributed by atoms with Gasteiger partial charge in [0.15, 0.2) is 0 Å². The molecule has 0 radical (unpaired) electrons. The lowest BCUT2D eigenvalue weighted by atomic mass is 10.3. The highest BCUT2D eigenvalue weighted by Crippen LogP contribution is 2.22. The highest BCUT2D eigenvalue weighted by Gasteiger charge is 2.14. The van der Waals surface area contributed by atoms with Crippen molar-refractivity contribution < 1.29 is 4.79 Å². The molecule has 0 bridgehead atoms. The highest BCUT2D eigenvalue weighted by atomic mass is 32.2. The molecule has 1 N–H and O–H groups in total. The number of carbonyl (C=O) groups is 1. The maximum Gasteiger partial charge on any atom is 0.253 e. The number of amides is 1. The van der Waals surface area contributed by atoms with E-state index in [2.05, 4.69) is 10.5 Å². The second kappa shape index (κ2) is 6.59. The Morgan fingerprint density at radius 3 is 2.61 bits per heavy atom. The summed E-state index contributed by atoms with van der Waals surface area (Å²) in [6, 6.07) is 9.95. The first-order valence-electron chi connectivity index (χ1n) is 6.32. The van der Waals surface area contributed by atoms with Crippen molar-refractivity contribution in [2.24, 2.45) is 5.10 Å². The fraction of sp³-hybridized carbons (Fsp3) is 0.429. The Labute approximate surface area is 112 Å². The van der Waals surface area contributed by atoms with Crippen LogP contribution >= 0.6 is 11.8 Å². The van der Waals surface area contributed by atoms with Gasteiger partial charge in [-0.05, 0) is 44.7 Å². The molecule has 1 aromatic carbocycles. The Morgan fingerprint density at radius 2 is 1.94 bits per heavy atom. The molecule has 0 saturated heterocycles. The molecular weight excluding hydrogens is 244 g/mol. The highest BCUT2D eigenvalue weighted by molar-refractivity contribution is 8.00. The number of nitrogens with one attached hydrogen (secondary N) is 1. The van der Waals surface area contributed by atoms with Crippen LogP contribution in [0, 0.1) is 0 Å². The normalized spacial score (nSPS) is 16.4. The van der Waals surface area contributed by atoms with E-state index in [1.165, 1.54) is 12.8 Å². The molecule has 0 heterocycles. The van der Waals surface area contributed by atoms with E-state index in [1.807, 2.05) is 37.3 Å². The molecule has 1 aliphatic rings. The molecule has 96 valence electrons. The van der Waals surface area contributed by atoms with Crippen molar-refractivity contribution in [3.05, 3.63) is 30.3 Å². The summed E-state index contributed by atoms with van der Waals surface area (Å²) >= 11 is 1.55. The molecular formula is C14H18N2OS. The van der Waals surface area contributed by atoms with E-state index in [0.717, 1.165) is 23.4 Å². The number of benzene rings is 1. The van der Waals surface area contributed by atoms with Gasteiger partial charge in [-0.1, -0.05) is 18.2 Å². The van der Waals surface area contributed by atoms with Crippen molar-refractivity contribution in [3.63, 3.8) is 0 Å². The number of hydrogen-bond donors (Lipinski definition) is 1. The third-order valence-corrected chi connectivity index (χ3v) is 4.04. The molecule has 0 spiro atoms. The molecule has 4 heteroatoms. The fourth-order valence-electron chi connectivity index (χ4n) is 1.88. The molecule has 0 aliphatic heterocycles. The zero-order chi connectivity index (χ0) is 12.8. The molecule has 1 saturated carbocycles. The fourth-order valence-corrected chi connectivity index (χ4v) is 2.76. The summed E-state index contributed by atoms with van der Waals surface area (Å²) in [5, 5.41) is 4.06. The van der Waals surface area contributed by atoms with E-state index < -0.39 is 0 Å². The second-order valence-electron chi connectivity index (χ2n) is 4.43. The summed E-state index contributed by atoms with van der Waals surface area (Å²) in [4.78, 5) is 13.0. The van der Waals surface area contributed by atoms with Crippen LogP contribution in [0.25, 0.3) is 0 Å². The van der Waals surface area contributed by atoms with E-state index >= 15 is 0 Å². The van der Waals surface area contributed by atoms with Crippen LogP contribution in [0.4, 0.5) is 0 Å². The first-order chi connectivity index (χ1) is 8.75. The van der Waals surface area contributed by atoms with Crippen molar-refractivity contribution >= 4 is 23.4 Å². The molecule has 1 fully saturated rings. The smallest absolute Gasteiger partial charge is 0.253 e. The van der Waals surface area contributed by atoms with E-state index in [1.54, 1.807) is 11.8 Å². The summed E-state index contributed by atoms with van der Waals surface area (Å²) in [7, 11) is 0. The van der Waals surface area contributed by atoms with Gasteiger partial charge in [-0.3, -0.25) is 4.79 Å². The van der Waals surface area contributed by atoms with Crippen LogP contribution in [-0.4, -0.2) is 16.9 Å². The molecule has 1 atom stereocenters. The molecule has 0 aromatic heterocycles. The van der Waals surface area contributed by atoms with Crippen LogP contribution in [0.1, 0.15) is 32.6 Å². The minimum absolute atomic E-state index is 0.0248. The quantitative estimate of drug-likeness (QED) is 0.668. The number of hydrazone groups is 1. The van der Waals surface area contributed by atoms with E-state index in [0.29, 0.717) is 0 Å². The molecule has 1 aromatic rings. The van der Waals surface area contributed by atoms with Crippen LogP contribution in [-0.2, 0) is 4.79 Å². The number of carbonyl (C=O) groups excluding carboxylic acids is 1. The maximum absolute atomic E-state index is 11.9. The Hall–Kier alpha value is -1.29. The largest absolute Gasteiger partial charge is 0.272 e. The van der Waals surface area contributed by atoms with Crippen molar-refractivity contribution in [2.45, 2.75) is 42.8 Å². The van der Waals surface area contributed by atoms with Gasteiger partial charge >= 0.3 is 0 Å². The van der Waals surface area contributed by atoms with Gasteiger partial charge in [-0.25, -0.2) is 5.43 Å². The number of nitrogens with zero attached hydrogens (tertiary/aromatic N) is 1. The van der Waals surface area contributed by atoms with Crippen LogP contribution < -0.4 is 5.43 Å². The monoisotopic (exact) mass is 262 g/mol. The summed E-state index contributed by atoms with van der Waals surface area (Å²) in [6.07, 6.45) is 4.45. The van der Waals surface area contributed by atoms with Gasteiger partial charge in [0.05, 0.1) is 5.25 Å². The minimum atomic E-state index is -0.127. The van der Waals surface area contributed by atoms with Gasteiger partial charge < -0.3 is 0 Å². The van der Waals surface area contributed by atoms with E-state index in [9.17, 15) is 4.79 Å². The first kappa shape index (κ1) is 13.1. The summed E-state index contributed by atoms with van der Waals surface area (Å²) < 4.78 is 0. The van der Waals surface area contributed by atoms with E-state index in [-0.39, 0.29) is 11.2 Å². The zero-order valence-corrected chi connectivity index (χ0v) is 11.4. The molecule has 1 amide bonds. The van der Waals surface area contributed by atoms with Crippen LogP contribution in [0.3, 0.4) is 0 Å². The van der Waals surface area contributed by atoms with Gasteiger partial charge in [0.1, 0.15) is 0 Å². The lowest BCUT2D eigenvalue weighted by Gasteiger charge is -2.09. The van der Waals surface area contributed by atoms with Gasteiger partial charge in [0.25, 0.3) is 5.91 Å². The summed E-state index contributed by atoms with van der Waals surface area (Å²) in [5.74, 6) is -0.0248. The molecule has 0 unspecified atom stereocenters. The van der Waals surface area contributed by atoms with Crippen molar-refractivity contribution in [2.75, 3.05) is 0 Å². The standard InChI is InChI=1S/C14H18N2OS/c1-11(18-13-9-3-2-4-10-13)14(17)16-15-12-7-5-6-8-12/h2-4,9-11H,5-8H2,1H3,(H,16,17)/t11-/m1/s1. The number of thioether (sulfide) groups is 1. The molecule has 2 rings (SSSR count). The Morgan fingerprint density at radius 1 is 1.28 bits per heavy atom. The number of hydrogen-bond acceptors (Lipinski definition) is 3. The van der Waals surface area contributed by atoms with E-state index in [4.69, 9.17) is 0 Å². The summed E-state index contributed by atoms with van der Waals surface area (Å²) in [6.45, 7) is 1.90. The summed E-state index contributed by atoms with van der Waals surface area (Å²) in [5.41, 5.74) is 3.80. The van der Waals surface area contributed by atoms with Gasteiger partial charge in [0, 0.05) is 10.6 Å². The van der Waals surface area contributed by atoms with Crippen LogP contribution in [0.2, 0.25) is 0 Å². The predicted molar refractivity (Wildman–Crippen MR) is 75.8 cm³/mol. The van der Waals surface area contributed by atoms with Gasteiger partial charge in [0.2, 0.25) is 0 Å². The Balaban J connectivity index is 1.83. The Bertz CT molecular complexity index is 423. The van der Waals surface area contributed by atoms with Crippen molar-refractivity contribution in [1.82, 2.24) is 5.43 Å².